The minimum Gasteiger partial charge on any atom is -0.383 e. The fourth-order valence-electron chi connectivity index (χ4n) is 2.11. The maximum absolute atomic E-state index is 11.5. The van der Waals surface area contributed by atoms with Crippen molar-refractivity contribution in [2.75, 3.05) is 6.61 Å². The van der Waals surface area contributed by atoms with E-state index in [1.165, 1.54) is 0 Å². The molecule has 13 heavy (non-hydrogen) atoms. The van der Waals surface area contributed by atoms with E-state index < -0.39 is 6.10 Å². The molecule has 2 aliphatic rings. The number of ether oxygens (including phenoxy) is 1. The maximum atomic E-state index is 11.5. The molecule has 0 aromatic heterocycles. The van der Waals surface area contributed by atoms with Crippen molar-refractivity contribution >= 4 is 5.91 Å². The fourth-order valence-corrected chi connectivity index (χ4v) is 2.11. The lowest BCUT2D eigenvalue weighted by molar-refractivity contribution is -0.142. The van der Waals surface area contributed by atoms with Crippen LogP contribution in [-0.4, -0.2) is 40.9 Å². The molecule has 2 rings (SSSR count). The van der Waals surface area contributed by atoms with Gasteiger partial charge in [0, 0.05) is 6.42 Å². The predicted molar refractivity (Wildman–Crippen MR) is 45.8 cm³/mol. The van der Waals surface area contributed by atoms with E-state index in [0.29, 0.717) is 18.9 Å². The van der Waals surface area contributed by atoms with Crippen molar-refractivity contribution in [3.8, 4) is 0 Å². The summed E-state index contributed by atoms with van der Waals surface area (Å²) in [4.78, 5) is 13.2. The molecule has 2 fully saturated rings. The monoisotopic (exact) mass is 185 g/mol. The Labute approximate surface area is 77.5 Å². The Morgan fingerprint density at radius 2 is 2.31 bits per heavy atom. The first-order valence-corrected chi connectivity index (χ1v) is 4.73. The molecule has 0 radical (unpaired) electrons. The Balaban J connectivity index is 2.16. The standard InChI is InChI=1S/C9H15NO3/c1-5(2)9-10-6(4-13-9)3-7(11)8(10)12/h5-7,9,11H,3-4H2,1-2H3/t6-,7+,9+/m0/s1. The highest BCUT2D eigenvalue weighted by atomic mass is 16.5. The molecule has 0 aromatic carbocycles. The molecule has 2 aliphatic heterocycles. The van der Waals surface area contributed by atoms with Gasteiger partial charge in [-0.15, -0.1) is 0 Å². The SMILES string of the molecule is CC(C)[C@H]1OC[C@@H]2C[C@@H](O)C(=O)N21. The third-order valence-corrected chi connectivity index (χ3v) is 2.73. The van der Waals surface area contributed by atoms with E-state index >= 15 is 0 Å². The van der Waals surface area contributed by atoms with Crippen LogP contribution in [0, 0.1) is 5.92 Å². The van der Waals surface area contributed by atoms with E-state index in [1.807, 2.05) is 13.8 Å². The molecule has 1 N–H and O–H groups in total. The summed E-state index contributed by atoms with van der Waals surface area (Å²) in [7, 11) is 0. The molecule has 0 bridgehead atoms. The van der Waals surface area contributed by atoms with Gasteiger partial charge in [0.2, 0.25) is 0 Å². The van der Waals surface area contributed by atoms with Crippen LogP contribution in [0.5, 0.6) is 0 Å². The van der Waals surface area contributed by atoms with Crippen LogP contribution in [0.3, 0.4) is 0 Å². The zero-order valence-electron chi connectivity index (χ0n) is 7.93. The minimum absolute atomic E-state index is 0.106. The molecular formula is C9H15NO3. The number of amides is 1. The number of carbonyl (C=O) groups excluding carboxylic acids is 1. The Bertz CT molecular complexity index is 229. The van der Waals surface area contributed by atoms with Gasteiger partial charge in [0.1, 0.15) is 12.3 Å². The summed E-state index contributed by atoms with van der Waals surface area (Å²) >= 11 is 0. The molecule has 0 aromatic rings. The molecule has 4 heteroatoms. The average Bonchev–Trinajstić information content (AvgIpc) is 2.55. The molecule has 0 aliphatic carbocycles. The number of fused-ring (bicyclic) bond motifs is 1. The summed E-state index contributed by atoms with van der Waals surface area (Å²) in [5, 5.41) is 9.36. The van der Waals surface area contributed by atoms with Crippen LogP contribution < -0.4 is 0 Å². The molecule has 2 saturated heterocycles. The van der Waals surface area contributed by atoms with Crippen molar-refractivity contribution in [1.82, 2.24) is 4.90 Å². The van der Waals surface area contributed by atoms with E-state index in [-0.39, 0.29) is 18.2 Å². The summed E-state index contributed by atoms with van der Waals surface area (Å²) in [6, 6.07) is 0.106. The highest BCUT2D eigenvalue weighted by Crippen LogP contribution is 2.31. The number of aliphatic hydroxyl groups excluding tert-OH is 1. The van der Waals surface area contributed by atoms with Crippen LogP contribution in [0.1, 0.15) is 20.3 Å². The minimum atomic E-state index is -0.796. The summed E-state index contributed by atoms with van der Waals surface area (Å²) in [5.74, 6) is 0.125. The van der Waals surface area contributed by atoms with Crippen molar-refractivity contribution in [2.45, 2.75) is 38.6 Å². The van der Waals surface area contributed by atoms with E-state index in [4.69, 9.17) is 4.74 Å². The highest BCUT2D eigenvalue weighted by molar-refractivity contribution is 5.83. The molecule has 1 amide bonds. The van der Waals surface area contributed by atoms with Gasteiger partial charge in [0.25, 0.3) is 5.91 Å². The number of nitrogens with zero attached hydrogens (tertiary/aromatic N) is 1. The van der Waals surface area contributed by atoms with Gasteiger partial charge in [-0.1, -0.05) is 13.8 Å². The largest absolute Gasteiger partial charge is 0.383 e. The zero-order chi connectivity index (χ0) is 9.59. The lowest BCUT2D eigenvalue weighted by Crippen LogP contribution is -2.40. The van der Waals surface area contributed by atoms with Crippen molar-refractivity contribution in [3.63, 3.8) is 0 Å². The van der Waals surface area contributed by atoms with E-state index in [0.717, 1.165) is 0 Å². The van der Waals surface area contributed by atoms with Gasteiger partial charge in [-0.3, -0.25) is 4.79 Å². The van der Waals surface area contributed by atoms with Gasteiger partial charge in [0.05, 0.1) is 12.6 Å². The van der Waals surface area contributed by atoms with Gasteiger partial charge < -0.3 is 14.7 Å². The highest BCUT2D eigenvalue weighted by Gasteiger charge is 2.47. The van der Waals surface area contributed by atoms with Crippen molar-refractivity contribution in [1.29, 1.82) is 0 Å². The number of carbonyl (C=O) groups is 1. The van der Waals surface area contributed by atoms with E-state index in [2.05, 4.69) is 0 Å². The number of aliphatic hydroxyl groups is 1. The summed E-state index contributed by atoms with van der Waals surface area (Å²) in [5.41, 5.74) is 0. The molecule has 2 heterocycles. The number of hydrogen-bond donors (Lipinski definition) is 1. The Kier molecular flexibility index (Phi) is 2.04. The quantitative estimate of drug-likeness (QED) is 0.623. The number of rotatable bonds is 1. The Hall–Kier alpha value is -0.610. The molecule has 74 valence electrons. The lowest BCUT2D eigenvalue weighted by atomic mass is 10.2. The first kappa shape index (κ1) is 8.97. The molecular weight excluding hydrogens is 170 g/mol. The average molecular weight is 185 g/mol. The van der Waals surface area contributed by atoms with Crippen LogP contribution >= 0.6 is 0 Å². The van der Waals surface area contributed by atoms with Gasteiger partial charge in [-0.05, 0) is 5.92 Å². The van der Waals surface area contributed by atoms with Crippen molar-refractivity contribution in [2.24, 2.45) is 5.92 Å². The smallest absolute Gasteiger partial charge is 0.253 e. The van der Waals surface area contributed by atoms with Crippen LogP contribution in [0.2, 0.25) is 0 Å². The molecule has 3 atom stereocenters. The third kappa shape index (κ3) is 1.25. The predicted octanol–water partition coefficient (Wildman–Crippen LogP) is -0.0395. The second kappa shape index (κ2) is 2.96. The summed E-state index contributed by atoms with van der Waals surface area (Å²) in [6.45, 7) is 4.61. The Morgan fingerprint density at radius 3 is 2.92 bits per heavy atom. The van der Waals surface area contributed by atoms with E-state index in [1.54, 1.807) is 4.90 Å². The van der Waals surface area contributed by atoms with E-state index in [9.17, 15) is 9.90 Å². The summed E-state index contributed by atoms with van der Waals surface area (Å²) in [6.07, 6.45) is -0.396. The maximum Gasteiger partial charge on any atom is 0.253 e. The molecule has 0 unspecified atom stereocenters. The number of hydrogen-bond acceptors (Lipinski definition) is 3. The van der Waals surface area contributed by atoms with Gasteiger partial charge in [-0.25, -0.2) is 0 Å². The van der Waals surface area contributed by atoms with Gasteiger partial charge in [-0.2, -0.15) is 0 Å². The van der Waals surface area contributed by atoms with Crippen LogP contribution in [-0.2, 0) is 9.53 Å². The first-order chi connectivity index (χ1) is 6.11. The zero-order valence-corrected chi connectivity index (χ0v) is 7.93. The second-order valence-electron chi connectivity index (χ2n) is 4.12. The molecule has 0 saturated carbocycles. The van der Waals surface area contributed by atoms with Crippen LogP contribution in [0.4, 0.5) is 0 Å². The lowest BCUT2D eigenvalue weighted by Gasteiger charge is -2.25. The Morgan fingerprint density at radius 1 is 1.62 bits per heavy atom. The van der Waals surface area contributed by atoms with Gasteiger partial charge >= 0.3 is 0 Å². The molecule has 0 spiro atoms. The van der Waals surface area contributed by atoms with Crippen LogP contribution in [0.15, 0.2) is 0 Å². The fraction of sp³-hybridized carbons (Fsp3) is 0.889. The normalized spacial score (nSPS) is 38.9. The topological polar surface area (TPSA) is 49.8 Å². The van der Waals surface area contributed by atoms with Crippen molar-refractivity contribution in [3.05, 3.63) is 0 Å². The van der Waals surface area contributed by atoms with Crippen LogP contribution in [0.25, 0.3) is 0 Å². The molecule has 4 nitrogen and oxygen atoms in total. The van der Waals surface area contributed by atoms with Gasteiger partial charge in [0.15, 0.2) is 0 Å². The third-order valence-electron chi connectivity index (χ3n) is 2.73. The van der Waals surface area contributed by atoms with Crippen molar-refractivity contribution < 1.29 is 14.6 Å². The second-order valence-corrected chi connectivity index (χ2v) is 4.12. The summed E-state index contributed by atoms with van der Waals surface area (Å²) < 4.78 is 5.49. The first-order valence-electron chi connectivity index (χ1n) is 4.73.